The molecule has 0 amide bonds. The summed E-state index contributed by atoms with van der Waals surface area (Å²) in [4.78, 5) is 14.3. The summed E-state index contributed by atoms with van der Waals surface area (Å²) in [7, 11) is 1.95. The molecule has 0 atom stereocenters. The molecule has 23 heavy (non-hydrogen) atoms. The zero-order valence-corrected chi connectivity index (χ0v) is 14.2. The van der Waals surface area contributed by atoms with Gasteiger partial charge in [-0.3, -0.25) is 4.68 Å². The van der Waals surface area contributed by atoms with Crippen LogP contribution in [0.15, 0.2) is 6.20 Å². The van der Waals surface area contributed by atoms with Crippen molar-refractivity contribution in [1.82, 2.24) is 24.6 Å². The third kappa shape index (κ3) is 2.92. The van der Waals surface area contributed by atoms with Crippen LogP contribution >= 0.6 is 0 Å². The lowest BCUT2D eigenvalue weighted by molar-refractivity contribution is 0.249. The molecule has 2 aliphatic heterocycles. The fourth-order valence-corrected chi connectivity index (χ4v) is 4.01. The molecule has 124 valence electrons. The molecule has 4 heterocycles. The standard InChI is InChI=1S/C17H26N6/c1-13-19-16-15(11-18-21(16)2)17(20-13)23-9-5-14(6-10-23)12-22-7-3-4-8-22/h11,14H,3-10,12H2,1-2H3. The summed E-state index contributed by atoms with van der Waals surface area (Å²) in [5.41, 5.74) is 0.937. The van der Waals surface area contributed by atoms with E-state index in [1.807, 2.05) is 24.9 Å². The highest BCUT2D eigenvalue weighted by molar-refractivity contribution is 5.87. The number of aryl methyl sites for hydroxylation is 2. The van der Waals surface area contributed by atoms with Crippen LogP contribution in [-0.4, -0.2) is 57.4 Å². The van der Waals surface area contributed by atoms with E-state index in [1.54, 1.807) is 0 Å². The molecular formula is C17H26N6. The van der Waals surface area contributed by atoms with Crippen molar-refractivity contribution >= 4 is 16.9 Å². The van der Waals surface area contributed by atoms with E-state index in [1.165, 1.54) is 45.3 Å². The Morgan fingerprint density at radius 2 is 1.83 bits per heavy atom. The van der Waals surface area contributed by atoms with Crippen molar-refractivity contribution in [2.75, 3.05) is 37.6 Å². The molecule has 0 aliphatic carbocycles. The second-order valence-corrected chi connectivity index (χ2v) is 7.04. The highest BCUT2D eigenvalue weighted by atomic mass is 15.3. The summed E-state index contributed by atoms with van der Waals surface area (Å²) in [6.45, 7) is 8.07. The van der Waals surface area contributed by atoms with Crippen molar-refractivity contribution in [2.24, 2.45) is 13.0 Å². The molecule has 2 aromatic rings. The second-order valence-electron chi connectivity index (χ2n) is 7.04. The van der Waals surface area contributed by atoms with Gasteiger partial charge in [-0.05, 0) is 51.6 Å². The fourth-order valence-electron chi connectivity index (χ4n) is 4.01. The molecule has 4 rings (SSSR count). The van der Waals surface area contributed by atoms with Crippen LogP contribution < -0.4 is 4.90 Å². The maximum Gasteiger partial charge on any atom is 0.163 e. The number of fused-ring (bicyclic) bond motifs is 1. The Balaban J connectivity index is 1.48. The minimum atomic E-state index is 0.829. The van der Waals surface area contributed by atoms with E-state index in [-0.39, 0.29) is 0 Å². The van der Waals surface area contributed by atoms with Gasteiger partial charge in [0.2, 0.25) is 0 Å². The van der Waals surface area contributed by atoms with Crippen molar-refractivity contribution in [1.29, 1.82) is 0 Å². The molecule has 0 spiro atoms. The highest BCUT2D eigenvalue weighted by Gasteiger charge is 2.25. The highest BCUT2D eigenvalue weighted by Crippen LogP contribution is 2.28. The third-order valence-corrected chi connectivity index (χ3v) is 5.31. The number of anilines is 1. The first-order chi connectivity index (χ1) is 11.2. The van der Waals surface area contributed by atoms with Gasteiger partial charge >= 0.3 is 0 Å². The molecule has 6 nitrogen and oxygen atoms in total. The van der Waals surface area contributed by atoms with E-state index in [2.05, 4.69) is 19.9 Å². The minimum Gasteiger partial charge on any atom is -0.356 e. The number of likely N-dealkylation sites (tertiary alicyclic amines) is 1. The maximum atomic E-state index is 4.72. The second kappa shape index (κ2) is 6.07. The molecule has 0 radical (unpaired) electrons. The number of rotatable bonds is 3. The van der Waals surface area contributed by atoms with Gasteiger partial charge in [-0.1, -0.05) is 0 Å². The van der Waals surface area contributed by atoms with Gasteiger partial charge < -0.3 is 9.80 Å². The summed E-state index contributed by atoms with van der Waals surface area (Å²) < 4.78 is 1.84. The molecule has 0 aromatic carbocycles. The van der Waals surface area contributed by atoms with Crippen LogP contribution in [0.4, 0.5) is 5.82 Å². The first-order valence-corrected chi connectivity index (χ1v) is 8.84. The summed E-state index contributed by atoms with van der Waals surface area (Å²) in [5.74, 6) is 2.74. The van der Waals surface area contributed by atoms with Gasteiger partial charge in [0.1, 0.15) is 11.6 Å². The van der Waals surface area contributed by atoms with Gasteiger partial charge in [-0.15, -0.1) is 0 Å². The van der Waals surface area contributed by atoms with Crippen LogP contribution in [-0.2, 0) is 7.05 Å². The maximum absolute atomic E-state index is 4.72. The molecule has 2 aliphatic rings. The van der Waals surface area contributed by atoms with E-state index in [0.717, 1.165) is 41.7 Å². The Kier molecular flexibility index (Phi) is 3.93. The predicted octanol–water partition coefficient (Wildman–Crippen LogP) is 1.98. The van der Waals surface area contributed by atoms with Gasteiger partial charge in [-0.2, -0.15) is 5.10 Å². The first kappa shape index (κ1) is 14.9. The average Bonchev–Trinajstić information content (AvgIpc) is 3.18. The molecule has 2 aromatic heterocycles. The normalized spacial score (nSPS) is 20.7. The topological polar surface area (TPSA) is 50.1 Å². The van der Waals surface area contributed by atoms with Crippen molar-refractivity contribution < 1.29 is 0 Å². The number of hydrogen-bond donors (Lipinski definition) is 0. The quantitative estimate of drug-likeness (QED) is 0.867. The Bertz CT molecular complexity index is 680. The third-order valence-electron chi connectivity index (χ3n) is 5.31. The van der Waals surface area contributed by atoms with Crippen LogP contribution in [0, 0.1) is 12.8 Å². The molecule has 0 N–H and O–H groups in total. The van der Waals surface area contributed by atoms with Crippen LogP contribution in [0.25, 0.3) is 11.0 Å². The molecule has 6 heteroatoms. The van der Waals surface area contributed by atoms with E-state index in [0.29, 0.717) is 0 Å². The molecule has 2 saturated heterocycles. The summed E-state index contributed by atoms with van der Waals surface area (Å²) in [6.07, 6.45) is 7.21. The minimum absolute atomic E-state index is 0.829. The van der Waals surface area contributed by atoms with Gasteiger partial charge in [-0.25, -0.2) is 9.97 Å². The molecule has 0 unspecified atom stereocenters. The lowest BCUT2D eigenvalue weighted by Crippen LogP contribution is -2.38. The first-order valence-electron chi connectivity index (χ1n) is 8.84. The Labute approximate surface area is 137 Å². The number of piperidine rings is 1. The van der Waals surface area contributed by atoms with E-state index in [4.69, 9.17) is 4.98 Å². The van der Waals surface area contributed by atoms with Crippen molar-refractivity contribution in [3.05, 3.63) is 12.0 Å². The number of aromatic nitrogens is 4. The molecule has 2 fully saturated rings. The van der Waals surface area contributed by atoms with Gasteiger partial charge in [0.25, 0.3) is 0 Å². The Morgan fingerprint density at radius 1 is 1.09 bits per heavy atom. The predicted molar refractivity (Wildman–Crippen MR) is 91.7 cm³/mol. The molecule has 0 saturated carbocycles. The lowest BCUT2D eigenvalue weighted by atomic mass is 9.96. The Hall–Kier alpha value is -1.69. The Morgan fingerprint density at radius 3 is 2.57 bits per heavy atom. The van der Waals surface area contributed by atoms with Crippen molar-refractivity contribution in [2.45, 2.75) is 32.6 Å². The molecular weight excluding hydrogens is 288 g/mol. The van der Waals surface area contributed by atoms with Crippen molar-refractivity contribution in [3.8, 4) is 0 Å². The van der Waals surface area contributed by atoms with Gasteiger partial charge in [0.05, 0.1) is 11.6 Å². The smallest absolute Gasteiger partial charge is 0.163 e. The summed E-state index contributed by atoms with van der Waals surface area (Å²) in [5, 5.41) is 5.44. The SMILES string of the molecule is Cc1nc(N2CCC(CN3CCCC3)CC2)c2cnn(C)c2n1. The van der Waals surface area contributed by atoms with Crippen molar-refractivity contribution in [3.63, 3.8) is 0 Å². The fraction of sp³-hybridized carbons (Fsp3) is 0.706. The molecule has 0 bridgehead atoms. The number of hydrogen-bond acceptors (Lipinski definition) is 5. The summed E-state index contributed by atoms with van der Waals surface area (Å²) >= 11 is 0. The largest absolute Gasteiger partial charge is 0.356 e. The van der Waals surface area contributed by atoms with Gasteiger partial charge in [0, 0.05) is 26.7 Å². The van der Waals surface area contributed by atoms with Crippen LogP contribution in [0.1, 0.15) is 31.5 Å². The van der Waals surface area contributed by atoms with E-state index >= 15 is 0 Å². The van der Waals surface area contributed by atoms with E-state index < -0.39 is 0 Å². The van der Waals surface area contributed by atoms with Crippen LogP contribution in [0.2, 0.25) is 0 Å². The zero-order valence-electron chi connectivity index (χ0n) is 14.2. The number of nitrogens with zero attached hydrogens (tertiary/aromatic N) is 6. The van der Waals surface area contributed by atoms with Crippen LogP contribution in [0.5, 0.6) is 0 Å². The van der Waals surface area contributed by atoms with Crippen LogP contribution in [0.3, 0.4) is 0 Å². The average molecular weight is 314 g/mol. The zero-order chi connectivity index (χ0) is 15.8. The van der Waals surface area contributed by atoms with E-state index in [9.17, 15) is 0 Å². The van der Waals surface area contributed by atoms with Gasteiger partial charge in [0.15, 0.2) is 5.65 Å². The monoisotopic (exact) mass is 314 g/mol. The lowest BCUT2D eigenvalue weighted by Gasteiger charge is -2.34. The summed E-state index contributed by atoms with van der Waals surface area (Å²) in [6, 6.07) is 0.